The van der Waals surface area contributed by atoms with Gasteiger partial charge in [0.05, 0.1) is 45.4 Å². The summed E-state index contributed by atoms with van der Waals surface area (Å²) in [5.74, 6) is -1.47. The molecule has 1 atom stereocenters. The van der Waals surface area contributed by atoms with Crippen molar-refractivity contribution in [1.29, 1.82) is 0 Å². The molecule has 22 heteroatoms. The smallest absolute Gasteiger partial charge is 0.291 e. The Bertz CT molecular complexity index is 3930. The van der Waals surface area contributed by atoms with Gasteiger partial charge in [-0.3, -0.25) is 38.4 Å². The molecule has 4 N–H and O–H groups in total. The summed E-state index contributed by atoms with van der Waals surface area (Å²) < 4.78 is 11.8. The lowest BCUT2D eigenvalue weighted by Gasteiger charge is -2.11. The van der Waals surface area contributed by atoms with Crippen molar-refractivity contribution in [2.75, 3.05) is 17.2 Å². The molecule has 9 aromatic rings. The number of amides is 3. The maximum absolute atomic E-state index is 13.6. The Hall–Kier alpha value is -9.73. The van der Waals surface area contributed by atoms with Crippen LogP contribution < -0.4 is 16.0 Å². The van der Waals surface area contributed by atoms with Crippen LogP contribution in [0.5, 0.6) is 0 Å². The number of H-pyrrole nitrogens is 1. The number of nitrogens with zero attached hydrogens (tertiary/aromatic N) is 10. The van der Waals surface area contributed by atoms with E-state index in [2.05, 4.69) is 35.9 Å². The highest BCUT2D eigenvalue weighted by Crippen LogP contribution is 2.26. The summed E-state index contributed by atoms with van der Waals surface area (Å²) >= 11 is 0. The summed E-state index contributed by atoms with van der Waals surface area (Å²) in [4.78, 5) is 122. The summed E-state index contributed by atoms with van der Waals surface area (Å²) in [7, 11) is 12.3. The van der Waals surface area contributed by atoms with E-state index in [-0.39, 0.29) is 84.3 Å². The van der Waals surface area contributed by atoms with Crippen molar-refractivity contribution in [3.05, 3.63) is 160 Å². The molecule has 0 aliphatic carbocycles. The number of nitrogens with one attached hydrogen (secondary N) is 4. The zero-order chi connectivity index (χ0) is 57.3. The minimum Gasteiger partial charge on any atom is -0.351 e. The number of rotatable bonds is 23. The number of pyridine rings is 1. The first-order chi connectivity index (χ1) is 38.1. The number of fused-ring (bicyclic) bond motifs is 1. The van der Waals surface area contributed by atoms with Crippen molar-refractivity contribution in [3.63, 3.8) is 0 Å². The predicted octanol–water partition coefficient (Wildman–Crippen LogP) is 6.33. The summed E-state index contributed by atoms with van der Waals surface area (Å²) in [5.41, 5.74) is 7.46. The number of aryl methyl sites for hydroxylation is 7. The SMILES string of the molecule is CCC(=O)c1cc(CC(=O)c2cc(CC(=O)c3cc(CC(=O)c4cc(CC(=O)[C@H](C)CCNC(=O)c5cc(NC(=O)c6ccc7[nH]c(-c8cc(NC(=O)c9nccn9C)cn8C)nc7n6)cn5C)cn4C)cn3C)cn2C)cn1C. The zero-order valence-corrected chi connectivity index (χ0v) is 46.0. The lowest BCUT2D eigenvalue weighted by atomic mass is 9.97. The van der Waals surface area contributed by atoms with Crippen LogP contribution in [-0.4, -0.2) is 105 Å². The number of Topliss-reactive ketones (excluding diaryl/α,β-unsaturated/α-hetero) is 5. The Morgan fingerprint density at radius 1 is 0.537 bits per heavy atom. The lowest BCUT2D eigenvalue weighted by molar-refractivity contribution is -0.121. The third kappa shape index (κ3) is 11.9. The Balaban J connectivity index is 0.728. The molecule has 22 nitrogen and oxygen atoms in total. The number of carbonyl (C=O) groups excluding carboxylic acids is 8. The number of carbonyl (C=O) groups is 8. The van der Waals surface area contributed by atoms with E-state index < -0.39 is 17.7 Å². The van der Waals surface area contributed by atoms with Gasteiger partial charge in [0.2, 0.25) is 0 Å². The molecule has 9 rings (SSSR count). The Morgan fingerprint density at radius 2 is 1.04 bits per heavy atom. The topological polar surface area (TPSA) is 262 Å². The maximum atomic E-state index is 13.6. The van der Waals surface area contributed by atoms with Gasteiger partial charge in [0.1, 0.15) is 17.2 Å². The van der Waals surface area contributed by atoms with Crippen LogP contribution in [0.4, 0.5) is 11.4 Å². The lowest BCUT2D eigenvalue weighted by Crippen LogP contribution is -2.28. The van der Waals surface area contributed by atoms with Crippen LogP contribution in [0.3, 0.4) is 0 Å². The van der Waals surface area contributed by atoms with Crippen molar-refractivity contribution in [2.24, 2.45) is 55.3 Å². The van der Waals surface area contributed by atoms with Crippen molar-refractivity contribution in [1.82, 2.24) is 57.2 Å². The fourth-order valence-electron chi connectivity index (χ4n) is 9.90. The van der Waals surface area contributed by atoms with Crippen LogP contribution in [0.1, 0.15) is 122 Å². The Kier molecular flexibility index (Phi) is 15.6. The van der Waals surface area contributed by atoms with E-state index in [9.17, 15) is 38.4 Å². The molecule has 412 valence electrons. The number of ketones is 5. The van der Waals surface area contributed by atoms with Gasteiger partial charge in [-0.15, -0.1) is 0 Å². The fourth-order valence-corrected chi connectivity index (χ4v) is 9.90. The molecule has 9 aromatic heterocycles. The minimum atomic E-state index is -0.512. The summed E-state index contributed by atoms with van der Waals surface area (Å²) in [6.07, 6.45) is 14.7. The van der Waals surface area contributed by atoms with Crippen LogP contribution >= 0.6 is 0 Å². The second kappa shape index (κ2) is 22.7. The molecular weight excluding hydrogens is 1020 g/mol. The van der Waals surface area contributed by atoms with Crippen molar-refractivity contribution in [3.8, 4) is 11.5 Å². The van der Waals surface area contributed by atoms with Gasteiger partial charge >= 0.3 is 0 Å². The van der Waals surface area contributed by atoms with E-state index in [1.165, 1.54) is 0 Å². The third-order valence-corrected chi connectivity index (χ3v) is 14.2. The van der Waals surface area contributed by atoms with E-state index in [0.717, 1.165) is 5.56 Å². The van der Waals surface area contributed by atoms with E-state index >= 15 is 0 Å². The van der Waals surface area contributed by atoms with Crippen LogP contribution in [0.2, 0.25) is 0 Å². The molecule has 0 saturated heterocycles. The molecule has 0 spiro atoms. The molecule has 9 heterocycles. The Labute approximate surface area is 459 Å². The van der Waals surface area contributed by atoms with Gasteiger partial charge in [0.15, 0.2) is 40.4 Å². The van der Waals surface area contributed by atoms with Gasteiger partial charge < -0.3 is 52.9 Å². The quantitative estimate of drug-likeness (QED) is 0.0515. The van der Waals surface area contributed by atoms with Gasteiger partial charge in [-0.25, -0.2) is 15.0 Å². The summed E-state index contributed by atoms with van der Waals surface area (Å²) in [6, 6.07) is 13.5. The van der Waals surface area contributed by atoms with Crippen LogP contribution in [-0.2, 0) is 79.8 Å². The predicted molar refractivity (Wildman–Crippen MR) is 298 cm³/mol. The van der Waals surface area contributed by atoms with E-state index in [1.807, 2.05) is 7.05 Å². The van der Waals surface area contributed by atoms with Crippen molar-refractivity contribution < 1.29 is 38.4 Å². The van der Waals surface area contributed by atoms with E-state index in [4.69, 9.17) is 0 Å². The molecule has 0 saturated carbocycles. The normalized spacial score (nSPS) is 11.8. The van der Waals surface area contributed by atoms with Gasteiger partial charge in [0.25, 0.3) is 17.7 Å². The first-order valence-electron chi connectivity index (χ1n) is 26.0. The standard InChI is InChI=1S/C58H62N14O8/c1-10-48(73)42-17-35(28-67(42)4)22-50(75)44-19-37(30-69(44)6)24-52(77)45-20-36(29-70(45)7)23-51(76)43-18-34(27-68(43)5)21-49(74)33(2)13-14-60-57(79)47-26-39(32-72(47)9)61-56(78)41-12-11-40-53(64-41)65-54(63-40)46-25-38(31-71(46)8)62-58(80)55-59-15-16-66(55)3/h11-12,15-20,25-33H,10,13-14,21-24H2,1-9H3,(H,60,79)(H,61,78)(H,62,80)(H,63,64,65)/t33-/m1/s1. The van der Waals surface area contributed by atoms with Gasteiger partial charge in [-0.2, -0.15) is 0 Å². The molecule has 0 aliphatic rings. The number of anilines is 2. The highest BCUT2D eigenvalue weighted by molar-refractivity contribution is 6.05. The van der Waals surface area contributed by atoms with Gasteiger partial charge in [-0.1, -0.05) is 13.8 Å². The second-order valence-corrected chi connectivity index (χ2v) is 20.4. The molecular formula is C58H62N14O8. The highest BCUT2D eigenvalue weighted by Gasteiger charge is 2.24. The van der Waals surface area contributed by atoms with Crippen LogP contribution in [0.25, 0.3) is 22.7 Å². The zero-order valence-electron chi connectivity index (χ0n) is 46.0. The van der Waals surface area contributed by atoms with E-state index in [1.54, 1.807) is 186 Å². The summed E-state index contributed by atoms with van der Waals surface area (Å²) in [6.45, 7) is 3.80. The van der Waals surface area contributed by atoms with Crippen LogP contribution in [0.15, 0.2) is 98.1 Å². The molecule has 0 radical (unpaired) electrons. The minimum absolute atomic E-state index is 0.00129. The van der Waals surface area contributed by atoms with Gasteiger partial charge in [-0.05, 0) is 77.2 Å². The molecule has 0 aliphatic heterocycles. The second-order valence-electron chi connectivity index (χ2n) is 20.4. The molecule has 0 bridgehead atoms. The third-order valence-electron chi connectivity index (χ3n) is 14.2. The first kappa shape index (κ1) is 55.0. The fraction of sp³-hybridized carbons (Fsp3) is 0.293. The van der Waals surface area contributed by atoms with Crippen molar-refractivity contribution in [2.45, 2.75) is 52.4 Å². The highest BCUT2D eigenvalue weighted by atomic mass is 16.2. The monoisotopic (exact) mass is 1080 g/mol. The average molecular weight is 1080 g/mol. The summed E-state index contributed by atoms with van der Waals surface area (Å²) in [5, 5.41) is 8.52. The number of aromatic amines is 1. The number of hydrogen-bond donors (Lipinski definition) is 4. The van der Waals surface area contributed by atoms with Crippen LogP contribution in [0, 0.1) is 5.92 Å². The maximum Gasteiger partial charge on any atom is 0.291 e. The molecule has 80 heavy (non-hydrogen) atoms. The number of imidazole rings is 2. The number of aromatic nitrogens is 11. The van der Waals surface area contributed by atoms with E-state index in [0.29, 0.717) is 86.4 Å². The van der Waals surface area contributed by atoms with Crippen molar-refractivity contribution >= 4 is 69.2 Å². The number of hydrogen-bond acceptors (Lipinski definition) is 11. The Morgan fingerprint density at radius 3 is 1.57 bits per heavy atom. The molecule has 0 unspecified atom stereocenters. The molecule has 3 amide bonds. The van der Waals surface area contributed by atoms with Gasteiger partial charge in [0, 0.05) is 143 Å². The first-order valence-corrected chi connectivity index (χ1v) is 26.0. The average Bonchev–Trinajstić information content (AvgIpc) is 4.33. The molecule has 0 fully saturated rings. The largest absolute Gasteiger partial charge is 0.351 e. The molecule has 0 aromatic carbocycles.